The van der Waals surface area contributed by atoms with Gasteiger partial charge in [-0.2, -0.15) is 0 Å². The van der Waals surface area contributed by atoms with Crippen LogP contribution in [0.3, 0.4) is 0 Å². The number of piperidine rings is 4. The van der Waals surface area contributed by atoms with Crippen molar-refractivity contribution in [3.8, 4) is 5.75 Å². The van der Waals surface area contributed by atoms with Crippen LogP contribution in [0.2, 0.25) is 5.02 Å². The van der Waals surface area contributed by atoms with Gasteiger partial charge in [0.15, 0.2) is 0 Å². The topological polar surface area (TPSA) is 106 Å². The number of carbonyl (C=O) groups is 2. The van der Waals surface area contributed by atoms with Gasteiger partial charge in [-0.3, -0.25) is 14.5 Å². The molecule has 2 bridgehead atoms. The number of hydrogen-bond donors (Lipinski definition) is 2. The van der Waals surface area contributed by atoms with Gasteiger partial charge in [0, 0.05) is 39.2 Å². The van der Waals surface area contributed by atoms with Crippen LogP contribution in [0, 0.1) is 5.92 Å². The zero-order valence-corrected chi connectivity index (χ0v) is 22.8. The van der Waals surface area contributed by atoms with Crippen LogP contribution < -0.4 is 15.8 Å². The van der Waals surface area contributed by atoms with E-state index in [1.165, 1.54) is 13.2 Å². The van der Waals surface area contributed by atoms with E-state index in [1.54, 1.807) is 13.2 Å². The van der Waals surface area contributed by atoms with Crippen LogP contribution in [-0.4, -0.2) is 93.4 Å². The Morgan fingerprint density at radius 3 is 2.51 bits per heavy atom. The van der Waals surface area contributed by atoms with Gasteiger partial charge in [-0.05, 0) is 63.7 Å². The van der Waals surface area contributed by atoms with E-state index >= 15 is 0 Å². The first-order valence-electron chi connectivity index (χ1n) is 13.5. The van der Waals surface area contributed by atoms with E-state index in [4.69, 9.17) is 31.5 Å². The summed E-state index contributed by atoms with van der Waals surface area (Å²) >= 11 is 6.13. The lowest BCUT2D eigenvalue weighted by molar-refractivity contribution is -0.158. The van der Waals surface area contributed by atoms with Gasteiger partial charge in [-0.1, -0.05) is 18.0 Å². The molecular weight excluding hydrogens is 496 g/mol. The maximum Gasteiger partial charge on any atom is 0.306 e. The summed E-state index contributed by atoms with van der Waals surface area (Å²) in [5.74, 6) is 0.637. The van der Waals surface area contributed by atoms with Crippen molar-refractivity contribution in [2.24, 2.45) is 5.92 Å². The number of rotatable bonds is 11. The number of halogens is 1. The number of benzene rings is 1. The van der Waals surface area contributed by atoms with Crippen LogP contribution in [0.4, 0.5) is 5.69 Å². The van der Waals surface area contributed by atoms with Crippen molar-refractivity contribution >= 4 is 29.2 Å². The van der Waals surface area contributed by atoms with Crippen LogP contribution in [0.25, 0.3) is 0 Å². The number of nitrogens with one attached hydrogen (secondary N) is 1. The van der Waals surface area contributed by atoms with E-state index in [-0.39, 0.29) is 30.1 Å². The summed E-state index contributed by atoms with van der Waals surface area (Å²) in [6.45, 7) is 5.76. The first kappa shape index (κ1) is 28.0. The molecule has 10 heteroatoms. The lowest BCUT2D eigenvalue weighted by Crippen LogP contribution is -2.54. The zero-order chi connectivity index (χ0) is 26.4. The predicted molar refractivity (Wildman–Crippen MR) is 143 cm³/mol. The average Bonchev–Trinajstić information content (AvgIpc) is 2.91. The van der Waals surface area contributed by atoms with Crippen molar-refractivity contribution in [3.05, 3.63) is 22.7 Å². The van der Waals surface area contributed by atoms with Crippen molar-refractivity contribution in [1.82, 2.24) is 15.1 Å². The van der Waals surface area contributed by atoms with Gasteiger partial charge in [0.05, 0.1) is 35.5 Å². The van der Waals surface area contributed by atoms with Crippen molar-refractivity contribution in [2.75, 3.05) is 59.2 Å². The van der Waals surface area contributed by atoms with E-state index in [9.17, 15) is 9.59 Å². The quantitative estimate of drug-likeness (QED) is 0.252. The molecule has 0 spiro atoms. The number of fused-ring (bicyclic) bond motifs is 3. The number of amides is 1. The van der Waals surface area contributed by atoms with Gasteiger partial charge in [0.1, 0.15) is 11.9 Å². The molecule has 1 aromatic carbocycles. The summed E-state index contributed by atoms with van der Waals surface area (Å²) in [4.78, 5) is 30.0. The Hall–Kier alpha value is -2.07. The molecule has 9 nitrogen and oxygen atoms in total. The highest BCUT2D eigenvalue weighted by molar-refractivity contribution is 6.33. The molecule has 3 N–H and O–H groups in total. The van der Waals surface area contributed by atoms with Crippen LogP contribution in [0.1, 0.15) is 55.3 Å². The fraction of sp³-hybridized carbons (Fsp3) is 0.704. The molecule has 4 aliphatic heterocycles. The van der Waals surface area contributed by atoms with Crippen LogP contribution in [0.15, 0.2) is 12.1 Å². The van der Waals surface area contributed by atoms with E-state index in [2.05, 4.69) is 15.1 Å². The normalized spacial score (nSPS) is 27.6. The first-order valence-corrected chi connectivity index (χ1v) is 13.9. The number of unbranched alkanes of at least 4 members (excludes halogenated alkanes) is 2. The van der Waals surface area contributed by atoms with Crippen molar-refractivity contribution in [2.45, 2.75) is 63.2 Å². The minimum atomic E-state index is -0.260. The number of nitrogens with two attached hydrogens (primary N) is 1. The zero-order valence-electron chi connectivity index (χ0n) is 22.0. The fourth-order valence-corrected chi connectivity index (χ4v) is 5.97. The number of nitrogen functional groups attached to an aromatic ring is 1. The number of likely N-dealkylation sites (tertiary alicyclic amines) is 1. The summed E-state index contributed by atoms with van der Waals surface area (Å²) < 4.78 is 16.8. The molecule has 4 saturated heterocycles. The Labute approximate surface area is 224 Å². The molecule has 5 rings (SSSR count). The van der Waals surface area contributed by atoms with Crippen LogP contribution in [0.5, 0.6) is 5.75 Å². The molecule has 37 heavy (non-hydrogen) atoms. The molecule has 206 valence electrons. The third-order valence-electron chi connectivity index (χ3n) is 8.06. The third kappa shape index (κ3) is 7.28. The van der Waals surface area contributed by atoms with Crippen LogP contribution >= 0.6 is 11.6 Å². The van der Waals surface area contributed by atoms with E-state index in [1.807, 2.05) is 0 Å². The summed E-state index contributed by atoms with van der Waals surface area (Å²) in [6, 6.07) is 2.98. The van der Waals surface area contributed by atoms with Gasteiger partial charge in [-0.15, -0.1) is 0 Å². The molecule has 0 aliphatic carbocycles. The van der Waals surface area contributed by atoms with Crippen molar-refractivity contribution < 1.29 is 23.8 Å². The summed E-state index contributed by atoms with van der Waals surface area (Å²) in [6.07, 6.45) is 6.42. The monoisotopic (exact) mass is 536 g/mol. The minimum absolute atomic E-state index is 0.0474. The number of anilines is 1. The summed E-state index contributed by atoms with van der Waals surface area (Å²) in [5.41, 5.74) is 6.56. The fourth-order valence-electron chi connectivity index (χ4n) is 5.80. The van der Waals surface area contributed by atoms with E-state index < -0.39 is 0 Å². The molecule has 4 heterocycles. The molecule has 0 radical (unpaired) electrons. The molecule has 3 atom stereocenters. The predicted octanol–water partition coefficient (Wildman–Crippen LogP) is 2.95. The molecule has 0 aromatic heterocycles. The smallest absolute Gasteiger partial charge is 0.306 e. The van der Waals surface area contributed by atoms with Gasteiger partial charge in [-0.25, -0.2) is 0 Å². The Kier molecular flexibility index (Phi) is 9.92. The molecule has 4 aliphatic rings. The highest BCUT2D eigenvalue weighted by atomic mass is 35.5. The third-order valence-corrected chi connectivity index (χ3v) is 8.39. The van der Waals surface area contributed by atoms with Gasteiger partial charge < -0.3 is 30.2 Å². The maximum absolute atomic E-state index is 13.0. The molecular formula is C27H41ClN4O5. The Balaban J connectivity index is 1.15. The average molecular weight is 537 g/mol. The lowest BCUT2D eigenvalue weighted by Gasteiger charge is -2.43. The Morgan fingerprint density at radius 1 is 1.05 bits per heavy atom. The molecule has 0 saturated carbocycles. The molecule has 4 fully saturated rings. The number of nitrogens with zero attached hydrogens (tertiary/aromatic N) is 2. The van der Waals surface area contributed by atoms with Crippen molar-refractivity contribution in [3.63, 3.8) is 0 Å². The second kappa shape index (κ2) is 13.1. The Morgan fingerprint density at radius 2 is 1.84 bits per heavy atom. The standard InChI is InChI=1S/C27H41ClN4O5/c1-35-23-15-21(29)20(28)14-19(23)27(34)30-22-9-13-31(17-25(22)36-2)10-5-3-4-6-26(33)37-24-16-32-11-7-18(24)8-12-32/h14-15,18,22,24-25H,3-13,16-17,29H2,1-2H3,(H,30,34)/t22-,24-,25+/m0/s1. The van der Waals surface area contributed by atoms with Gasteiger partial charge >= 0.3 is 5.97 Å². The van der Waals surface area contributed by atoms with Crippen molar-refractivity contribution in [1.29, 1.82) is 0 Å². The molecule has 1 aromatic rings. The number of hydrogen-bond acceptors (Lipinski definition) is 8. The highest BCUT2D eigenvalue weighted by Crippen LogP contribution is 2.30. The van der Waals surface area contributed by atoms with E-state index in [0.29, 0.717) is 34.4 Å². The van der Waals surface area contributed by atoms with Crippen LogP contribution in [-0.2, 0) is 14.3 Å². The van der Waals surface area contributed by atoms with Gasteiger partial charge in [0.25, 0.3) is 5.91 Å². The highest BCUT2D eigenvalue weighted by Gasteiger charge is 2.36. The number of esters is 1. The van der Waals surface area contributed by atoms with Gasteiger partial charge in [0.2, 0.25) is 0 Å². The number of ether oxygens (including phenoxy) is 3. The second-order valence-corrected chi connectivity index (χ2v) is 10.9. The lowest BCUT2D eigenvalue weighted by atomic mass is 9.86. The second-order valence-electron chi connectivity index (χ2n) is 10.5. The number of methoxy groups -OCH3 is 2. The molecule has 1 amide bonds. The minimum Gasteiger partial charge on any atom is -0.496 e. The number of carbonyl (C=O) groups excluding carboxylic acids is 2. The Bertz CT molecular complexity index is 940. The summed E-state index contributed by atoms with van der Waals surface area (Å²) in [7, 11) is 3.17. The molecule has 0 unspecified atom stereocenters. The largest absolute Gasteiger partial charge is 0.496 e. The summed E-state index contributed by atoms with van der Waals surface area (Å²) in [5, 5.41) is 3.40. The van der Waals surface area contributed by atoms with E-state index in [0.717, 1.165) is 77.8 Å². The SMILES string of the molecule is COc1cc(N)c(Cl)cc1C(=O)N[C@H]1CCN(CCCCCC(=O)O[C@H]2CN3CCC2CC3)C[C@H]1OC. The maximum atomic E-state index is 13.0. The first-order chi connectivity index (χ1) is 17.9.